The van der Waals surface area contributed by atoms with Gasteiger partial charge >= 0.3 is 0 Å². The van der Waals surface area contributed by atoms with Crippen molar-refractivity contribution >= 4 is 15.9 Å². The zero-order chi connectivity index (χ0) is 15.1. The van der Waals surface area contributed by atoms with Crippen molar-refractivity contribution in [3.63, 3.8) is 0 Å². The molecule has 1 fully saturated rings. The lowest BCUT2D eigenvalue weighted by Gasteiger charge is -2.21. The monoisotopic (exact) mass is 353 g/mol. The van der Waals surface area contributed by atoms with Crippen LogP contribution in [0.25, 0.3) is 0 Å². The second kappa shape index (κ2) is 8.79. The first-order valence-corrected chi connectivity index (χ1v) is 9.13. The van der Waals surface area contributed by atoms with E-state index in [-0.39, 0.29) is 6.10 Å². The van der Waals surface area contributed by atoms with Crippen LogP contribution in [0.4, 0.5) is 0 Å². The molecule has 0 heterocycles. The maximum absolute atomic E-state index is 5.76. The lowest BCUT2D eigenvalue weighted by atomic mass is 9.96. The van der Waals surface area contributed by atoms with Gasteiger partial charge in [-0.25, -0.2) is 0 Å². The average molecular weight is 354 g/mol. The fourth-order valence-corrected chi connectivity index (χ4v) is 3.45. The molecule has 0 radical (unpaired) electrons. The van der Waals surface area contributed by atoms with E-state index in [1.807, 2.05) is 0 Å². The fraction of sp³-hybridized carbons (Fsp3) is 0.667. The summed E-state index contributed by atoms with van der Waals surface area (Å²) in [7, 11) is 0. The molecule has 0 atom stereocenters. The highest BCUT2D eigenvalue weighted by Gasteiger charge is 2.11. The lowest BCUT2D eigenvalue weighted by Crippen LogP contribution is -2.29. The predicted octanol–water partition coefficient (Wildman–Crippen LogP) is 5.44. The minimum Gasteiger partial charge on any atom is -0.490 e. The van der Waals surface area contributed by atoms with Crippen LogP contribution < -0.4 is 10.1 Å². The van der Waals surface area contributed by atoms with Crippen LogP contribution in [0.3, 0.4) is 0 Å². The molecule has 2 rings (SSSR count). The van der Waals surface area contributed by atoms with E-state index in [1.165, 1.54) is 50.5 Å². The zero-order valence-electron chi connectivity index (χ0n) is 13.3. The van der Waals surface area contributed by atoms with Crippen LogP contribution in [0, 0.1) is 0 Å². The number of ether oxygens (including phenoxy) is 1. The van der Waals surface area contributed by atoms with Gasteiger partial charge in [0.2, 0.25) is 0 Å². The van der Waals surface area contributed by atoms with Gasteiger partial charge in [0.1, 0.15) is 5.75 Å². The van der Waals surface area contributed by atoms with Gasteiger partial charge in [-0.3, -0.25) is 0 Å². The summed E-state index contributed by atoms with van der Waals surface area (Å²) >= 11 is 3.61. The van der Waals surface area contributed by atoms with Crippen LogP contribution in [0.2, 0.25) is 0 Å². The van der Waals surface area contributed by atoms with Crippen molar-refractivity contribution in [2.75, 3.05) is 0 Å². The van der Waals surface area contributed by atoms with Crippen molar-refractivity contribution < 1.29 is 4.74 Å². The Hall–Kier alpha value is -0.540. The lowest BCUT2D eigenvalue weighted by molar-refractivity contribution is 0.241. The fourth-order valence-electron chi connectivity index (χ4n) is 2.93. The van der Waals surface area contributed by atoms with Crippen LogP contribution in [0.5, 0.6) is 5.75 Å². The Bertz CT molecular complexity index is 425. The first-order valence-electron chi connectivity index (χ1n) is 8.33. The van der Waals surface area contributed by atoms with Gasteiger partial charge in [-0.2, -0.15) is 0 Å². The van der Waals surface area contributed by atoms with Crippen molar-refractivity contribution in [2.24, 2.45) is 0 Å². The highest BCUT2D eigenvalue weighted by atomic mass is 79.9. The second-order valence-corrected chi connectivity index (χ2v) is 7.21. The van der Waals surface area contributed by atoms with Crippen molar-refractivity contribution in [3.8, 4) is 5.75 Å². The Morgan fingerprint density at radius 1 is 1.14 bits per heavy atom. The van der Waals surface area contributed by atoms with E-state index in [0.29, 0.717) is 6.04 Å². The molecule has 1 aliphatic carbocycles. The van der Waals surface area contributed by atoms with E-state index in [0.717, 1.165) is 16.8 Å². The smallest absolute Gasteiger partial charge is 0.133 e. The SMILES string of the molecule is CC(C)Oc1ccc(CNC2CCCCCCC2)cc1Br. The number of halogens is 1. The van der Waals surface area contributed by atoms with Crippen LogP contribution in [-0.2, 0) is 6.54 Å². The molecule has 1 saturated carbocycles. The van der Waals surface area contributed by atoms with Gasteiger partial charge in [0.15, 0.2) is 0 Å². The van der Waals surface area contributed by atoms with Crippen molar-refractivity contribution in [1.82, 2.24) is 5.32 Å². The van der Waals surface area contributed by atoms with E-state index in [2.05, 4.69) is 53.3 Å². The quantitative estimate of drug-likeness (QED) is 0.760. The highest BCUT2D eigenvalue weighted by Crippen LogP contribution is 2.27. The van der Waals surface area contributed by atoms with Gasteiger partial charge in [-0.1, -0.05) is 38.2 Å². The van der Waals surface area contributed by atoms with E-state index >= 15 is 0 Å². The molecule has 118 valence electrons. The molecule has 0 bridgehead atoms. The van der Waals surface area contributed by atoms with Crippen LogP contribution >= 0.6 is 15.9 Å². The molecule has 0 spiro atoms. The minimum atomic E-state index is 0.209. The first-order chi connectivity index (χ1) is 10.1. The normalized spacial score (nSPS) is 17.5. The van der Waals surface area contributed by atoms with Gasteiger partial charge in [-0.15, -0.1) is 0 Å². The van der Waals surface area contributed by atoms with Gasteiger partial charge in [0, 0.05) is 12.6 Å². The molecule has 0 aromatic heterocycles. The molecule has 21 heavy (non-hydrogen) atoms. The highest BCUT2D eigenvalue weighted by molar-refractivity contribution is 9.10. The summed E-state index contributed by atoms with van der Waals surface area (Å²) in [6.07, 6.45) is 9.86. The first kappa shape index (κ1) is 16.8. The molecule has 3 heteroatoms. The maximum Gasteiger partial charge on any atom is 0.133 e. The number of hydrogen-bond donors (Lipinski definition) is 1. The van der Waals surface area contributed by atoms with Crippen LogP contribution in [0.1, 0.15) is 64.4 Å². The predicted molar refractivity (Wildman–Crippen MR) is 92.9 cm³/mol. The van der Waals surface area contributed by atoms with Gasteiger partial charge < -0.3 is 10.1 Å². The molecule has 0 saturated heterocycles. The molecular weight excluding hydrogens is 326 g/mol. The third kappa shape index (κ3) is 5.99. The average Bonchev–Trinajstić information content (AvgIpc) is 2.40. The molecule has 1 aromatic carbocycles. The van der Waals surface area contributed by atoms with Crippen LogP contribution in [-0.4, -0.2) is 12.1 Å². The number of nitrogens with one attached hydrogen (secondary N) is 1. The van der Waals surface area contributed by atoms with Gasteiger partial charge in [0.05, 0.1) is 10.6 Å². The Labute approximate surface area is 137 Å². The minimum absolute atomic E-state index is 0.209. The third-order valence-electron chi connectivity index (χ3n) is 4.06. The van der Waals surface area contributed by atoms with Gasteiger partial charge in [0.25, 0.3) is 0 Å². The molecule has 1 aromatic rings. The molecular formula is C18H28BrNO. The molecule has 2 nitrogen and oxygen atoms in total. The standard InChI is InChI=1S/C18H28BrNO/c1-14(2)21-18-11-10-15(12-17(18)19)13-20-16-8-6-4-3-5-7-9-16/h10-12,14,16,20H,3-9,13H2,1-2H3. The van der Waals surface area contributed by atoms with Crippen molar-refractivity contribution in [3.05, 3.63) is 28.2 Å². The van der Waals surface area contributed by atoms with E-state index in [4.69, 9.17) is 4.74 Å². The summed E-state index contributed by atoms with van der Waals surface area (Å²) in [4.78, 5) is 0. The Morgan fingerprint density at radius 3 is 2.43 bits per heavy atom. The Balaban J connectivity index is 1.86. The Kier molecular flexibility index (Phi) is 7.05. The molecule has 1 N–H and O–H groups in total. The van der Waals surface area contributed by atoms with Crippen molar-refractivity contribution in [2.45, 2.75) is 77.5 Å². The summed E-state index contributed by atoms with van der Waals surface area (Å²) in [5.74, 6) is 0.930. The van der Waals surface area contributed by atoms with E-state index in [9.17, 15) is 0 Å². The number of rotatable bonds is 5. The number of hydrogen-bond acceptors (Lipinski definition) is 2. The van der Waals surface area contributed by atoms with Crippen LogP contribution in [0.15, 0.2) is 22.7 Å². The molecule has 0 amide bonds. The zero-order valence-corrected chi connectivity index (χ0v) is 14.9. The largest absolute Gasteiger partial charge is 0.490 e. The van der Waals surface area contributed by atoms with E-state index in [1.54, 1.807) is 0 Å². The summed E-state index contributed by atoms with van der Waals surface area (Å²) in [5.41, 5.74) is 1.32. The van der Waals surface area contributed by atoms with Crippen molar-refractivity contribution in [1.29, 1.82) is 0 Å². The summed E-state index contributed by atoms with van der Waals surface area (Å²) < 4.78 is 6.81. The Morgan fingerprint density at radius 2 is 1.81 bits per heavy atom. The van der Waals surface area contributed by atoms with Gasteiger partial charge in [-0.05, 0) is 60.3 Å². The summed E-state index contributed by atoms with van der Waals surface area (Å²) in [6, 6.07) is 7.10. The van der Waals surface area contributed by atoms with E-state index < -0.39 is 0 Å². The summed E-state index contributed by atoms with van der Waals surface area (Å²) in [6.45, 7) is 5.05. The molecule has 1 aliphatic rings. The number of benzene rings is 1. The maximum atomic E-state index is 5.76. The summed E-state index contributed by atoms with van der Waals surface area (Å²) in [5, 5.41) is 3.73. The second-order valence-electron chi connectivity index (χ2n) is 6.35. The third-order valence-corrected chi connectivity index (χ3v) is 4.68. The topological polar surface area (TPSA) is 21.3 Å². The molecule has 0 aliphatic heterocycles. The molecule has 0 unspecified atom stereocenters.